The third kappa shape index (κ3) is 4.30. The van der Waals surface area contributed by atoms with E-state index in [1.807, 2.05) is 6.92 Å². The summed E-state index contributed by atoms with van der Waals surface area (Å²) in [5.74, 6) is 0.673. The number of ether oxygens (including phenoxy) is 1. The van der Waals surface area contributed by atoms with Crippen molar-refractivity contribution in [2.24, 2.45) is 11.3 Å². The largest absolute Gasteiger partial charge is 0.466 e. The minimum absolute atomic E-state index is 0.0702. The summed E-state index contributed by atoms with van der Waals surface area (Å²) in [6.45, 7) is 13.6. The van der Waals surface area contributed by atoms with Crippen molar-refractivity contribution in [2.45, 2.75) is 53.5 Å². The second-order valence-corrected chi connectivity index (χ2v) is 6.20. The van der Waals surface area contributed by atoms with Gasteiger partial charge in [-0.15, -0.1) is 0 Å². The van der Waals surface area contributed by atoms with E-state index in [-0.39, 0.29) is 5.97 Å². The van der Waals surface area contributed by atoms with Gasteiger partial charge in [0.25, 0.3) is 0 Å². The normalized spacial score (nSPS) is 23.7. The second kappa shape index (κ2) is 5.85. The molecule has 2 atom stereocenters. The van der Waals surface area contributed by atoms with Crippen LogP contribution >= 0.6 is 0 Å². The summed E-state index contributed by atoms with van der Waals surface area (Å²) < 4.78 is 5.00. The maximum Gasteiger partial charge on any atom is 0.307 e. The van der Waals surface area contributed by atoms with Gasteiger partial charge in [-0.2, -0.15) is 0 Å². The molecule has 1 fully saturated rings. The number of nitrogens with zero attached hydrogens (tertiary/aromatic N) is 1. The number of carbonyl (C=O) groups excluding carboxylic acids is 1. The van der Waals surface area contributed by atoms with Crippen LogP contribution in [0.2, 0.25) is 0 Å². The van der Waals surface area contributed by atoms with Crippen molar-refractivity contribution < 1.29 is 9.53 Å². The van der Waals surface area contributed by atoms with Crippen LogP contribution in [0.4, 0.5) is 0 Å². The smallest absolute Gasteiger partial charge is 0.307 e. The average Bonchev–Trinajstić information content (AvgIpc) is 2.65. The average molecular weight is 241 g/mol. The summed E-state index contributed by atoms with van der Waals surface area (Å²) in [4.78, 5) is 13.9. The number of carbonyl (C=O) groups is 1. The molecule has 3 heteroatoms. The van der Waals surface area contributed by atoms with Crippen LogP contribution in [0.5, 0.6) is 0 Å². The van der Waals surface area contributed by atoms with Crippen LogP contribution in [0.15, 0.2) is 0 Å². The Labute approximate surface area is 106 Å². The molecule has 100 valence electrons. The maximum absolute atomic E-state index is 11.4. The number of rotatable bonds is 4. The highest BCUT2D eigenvalue weighted by atomic mass is 16.5. The molecule has 0 N–H and O–H groups in total. The Balaban J connectivity index is 2.40. The molecule has 0 saturated carbocycles. The fourth-order valence-electron chi connectivity index (χ4n) is 2.48. The van der Waals surface area contributed by atoms with Crippen molar-refractivity contribution in [1.29, 1.82) is 0 Å². The highest BCUT2D eigenvalue weighted by Crippen LogP contribution is 2.34. The molecule has 1 rings (SSSR count). The Kier molecular flexibility index (Phi) is 4.99. The van der Waals surface area contributed by atoms with Gasteiger partial charge in [0.15, 0.2) is 0 Å². The van der Waals surface area contributed by atoms with E-state index in [0.29, 0.717) is 24.5 Å². The molecule has 17 heavy (non-hydrogen) atoms. The van der Waals surface area contributed by atoms with Crippen LogP contribution in [-0.4, -0.2) is 36.6 Å². The molecule has 1 heterocycles. The Bertz CT molecular complexity index is 257. The Hall–Kier alpha value is -0.570. The lowest BCUT2D eigenvalue weighted by Crippen LogP contribution is -2.34. The van der Waals surface area contributed by atoms with Crippen LogP contribution in [-0.2, 0) is 9.53 Å². The first kappa shape index (κ1) is 14.5. The first-order valence-corrected chi connectivity index (χ1v) is 6.74. The quantitative estimate of drug-likeness (QED) is 0.709. The highest BCUT2D eigenvalue weighted by Gasteiger charge is 2.33. The molecule has 0 radical (unpaired) electrons. The number of likely N-dealkylation sites (tertiary alicyclic amines) is 1. The van der Waals surface area contributed by atoms with E-state index in [1.54, 1.807) is 0 Å². The van der Waals surface area contributed by atoms with E-state index in [9.17, 15) is 4.79 Å². The minimum Gasteiger partial charge on any atom is -0.466 e. The first-order chi connectivity index (χ1) is 7.84. The van der Waals surface area contributed by atoms with Gasteiger partial charge in [0.2, 0.25) is 0 Å². The van der Waals surface area contributed by atoms with Gasteiger partial charge in [-0.3, -0.25) is 9.69 Å². The fraction of sp³-hybridized carbons (Fsp3) is 0.929. The van der Waals surface area contributed by atoms with E-state index in [2.05, 4.69) is 32.6 Å². The van der Waals surface area contributed by atoms with E-state index >= 15 is 0 Å². The zero-order valence-electron chi connectivity index (χ0n) is 12.0. The lowest BCUT2D eigenvalue weighted by atomic mass is 9.80. The third-order valence-electron chi connectivity index (χ3n) is 3.84. The molecule has 3 nitrogen and oxygen atoms in total. The molecule has 0 aromatic heterocycles. The predicted molar refractivity (Wildman–Crippen MR) is 69.8 cm³/mol. The van der Waals surface area contributed by atoms with E-state index in [1.165, 1.54) is 6.42 Å². The predicted octanol–water partition coefficient (Wildman–Crippen LogP) is 2.70. The van der Waals surface area contributed by atoms with E-state index in [0.717, 1.165) is 19.0 Å². The van der Waals surface area contributed by atoms with Crippen molar-refractivity contribution in [1.82, 2.24) is 4.90 Å². The lowest BCUT2D eigenvalue weighted by Gasteiger charge is -2.29. The molecule has 0 aromatic rings. The zero-order valence-corrected chi connectivity index (χ0v) is 12.0. The van der Waals surface area contributed by atoms with Crippen LogP contribution < -0.4 is 0 Å². The van der Waals surface area contributed by atoms with Gasteiger partial charge in [0.1, 0.15) is 0 Å². The summed E-state index contributed by atoms with van der Waals surface area (Å²) in [6, 6.07) is 0.307. The van der Waals surface area contributed by atoms with Crippen molar-refractivity contribution in [3.63, 3.8) is 0 Å². The standard InChI is InChI=1S/C14H27NO2/c1-6-17-13(16)9-11(2)15-8-7-12(10-15)14(3,4)5/h11-12H,6-10H2,1-5H3. The van der Waals surface area contributed by atoms with Crippen molar-refractivity contribution in [3.05, 3.63) is 0 Å². The van der Waals surface area contributed by atoms with Crippen molar-refractivity contribution >= 4 is 5.97 Å². The second-order valence-electron chi connectivity index (χ2n) is 6.20. The van der Waals surface area contributed by atoms with E-state index < -0.39 is 0 Å². The van der Waals surface area contributed by atoms with Crippen LogP contribution in [0, 0.1) is 11.3 Å². The van der Waals surface area contributed by atoms with Gasteiger partial charge in [-0.25, -0.2) is 0 Å². The summed E-state index contributed by atoms with van der Waals surface area (Å²) in [5, 5.41) is 0. The van der Waals surface area contributed by atoms with Crippen LogP contribution in [0.25, 0.3) is 0 Å². The summed E-state index contributed by atoms with van der Waals surface area (Å²) in [7, 11) is 0. The van der Waals surface area contributed by atoms with Crippen molar-refractivity contribution in [2.75, 3.05) is 19.7 Å². The molecule has 1 aliphatic rings. The van der Waals surface area contributed by atoms with Gasteiger partial charge in [0.05, 0.1) is 13.0 Å². The molecule has 1 aliphatic heterocycles. The summed E-state index contributed by atoms with van der Waals surface area (Å²) >= 11 is 0. The molecule has 0 spiro atoms. The summed E-state index contributed by atoms with van der Waals surface area (Å²) in [5.41, 5.74) is 0.373. The van der Waals surface area contributed by atoms with Gasteiger partial charge in [-0.05, 0) is 38.1 Å². The van der Waals surface area contributed by atoms with Crippen LogP contribution in [0.1, 0.15) is 47.5 Å². The van der Waals surface area contributed by atoms with Crippen molar-refractivity contribution in [3.8, 4) is 0 Å². The third-order valence-corrected chi connectivity index (χ3v) is 3.84. The topological polar surface area (TPSA) is 29.5 Å². The van der Waals surface area contributed by atoms with Gasteiger partial charge in [0, 0.05) is 12.6 Å². The first-order valence-electron chi connectivity index (χ1n) is 6.74. The lowest BCUT2D eigenvalue weighted by molar-refractivity contribution is -0.144. The SMILES string of the molecule is CCOC(=O)CC(C)N1CCC(C(C)(C)C)C1. The fourth-order valence-corrected chi connectivity index (χ4v) is 2.48. The minimum atomic E-state index is -0.0702. The van der Waals surface area contributed by atoms with E-state index in [4.69, 9.17) is 4.74 Å². The molecule has 0 aromatic carbocycles. The Morgan fingerprint density at radius 3 is 2.59 bits per heavy atom. The van der Waals surface area contributed by atoms with Gasteiger partial charge >= 0.3 is 5.97 Å². The Morgan fingerprint density at radius 1 is 1.47 bits per heavy atom. The maximum atomic E-state index is 11.4. The molecule has 2 unspecified atom stereocenters. The van der Waals surface area contributed by atoms with Gasteiger partial charge < -0.3 is 4.74 Å². The monoisotopic (exact) mass is 241 g/mol. The molecule has 0 amide bonds. The molecule has 0 bridgehead atoms. The Morgan fingerprint density at radius 2 is 2.12 bits per heavy atom. The molecule has 1 saturated heterocycles. The molecular formula is C14H27NO2. The zero-order chi connectivity index (χ0) is 13.1. The molecule has 0 aliphatic carbocycles. The number of hydrogen-bond donors (Lipinski definition) is 0. The van der Waals surface area contributed by atoms with Crippen LogP contribution in [0.3, 0.4) is 0 Å². The number of esters is 1. The summed E-state index contributed by atoms with van der Waals surface area (Å²) in [6.07, 6.45) is 1.77. The number of hydrogen-bond acceptors (Lipinski definition) is 3. The van der Waals surface area contributed by atoms with Gasteiger partial charge in [-0.1, -0.05) is 20.8 Å². The molecular weight excluding hydrogens is 214 g/mol. The highest BCUT2D eigenvalue weighted by molar-refractivity contribution is 5.70.